The van der Waals surface area contributed by atoms with Crippen LogP contribution in [0.3, 0.4) is 0 Å². The van der Waals surface area contributed by atoms with Gasteiger partial charge in [0.1, 0.15) is 0 Å². The van der Waals surface area contributed by atoms with Crippen LogP contribution in [0.5, 0.6) is 0 Å². The van der Waals surface area contributed by atoms with Crippen LogP contribution in [-0.2, 0) is 4.74 Å². The Balaban J connectivity index is 1.50. The molecule has 100 valence electrons. The van der Waals surface area contributed by atoms with Gasteiger partial charge in [0, 0.05) is 19.1 Å². The summed E-state index contributed by atoms with van der Waals surface area (Å²) in [6.45, 7) is 7.74. The first-order chi connectivity index (χ1) is 8.34. The van der Waals surface area contributed by atoms with Crippen LogP contribution in [0.2, 0.25) is 0 Å². The van der Waals surface area contributed by atoms with Crippen LogP contribution in [0.25, 0.3) is 0 Å². The maximum Gasteiger partial charge on any atom is 0.0674 e. The smallest absolute Gasteiger partial charge is 0.0674 e. The molecule has 0 spiro atoms. The molecule has 1 aliphatic heterocycles. The Morgan fingerprint density at radius 3 is 2.82 bits per heavy atom. The van der Waals surface area contributed by atoms with E-state index in [9.17, 15) is 0 Å². The average molecular weight is 240 g/mol. The molecule has 1 saturated heterocycles. The van der Waals surface area contributed by atoms with Crippen molar-refractivity contribution < 1.29 is 4.74 Å². The lowest BCUT2D eigenvalue weighted by atomic mass is 9.95. The second-order valence-corrected chi connectivity index (χ2v) is 5.62. The van der Waals surface area contributed by atoms with E-state index in [0.29, 0.717) is 6.10 Å². The molecule has 1 saturated carbocycles. The number of rotatable bonds is 5. The quantitative estimate of drug-likeness (QED) is 0.744. The molecule has 3 nitrogen and oxygen atoms in total. The minimum absolute atomic E-state index is 0.426. The molecule has 0 aromatic carbocycles. The van der Waals surface area contributed by atoms with Gasteiger partial charge in [0.15, 0.2) is 0 Å². The molecule has 2 rings (SSSR count). The predicted octanol–water partition coefficient (Wildman–Crippen LogP) is 2.02. The highest BCUT2D eigenvalue weighted by molar-refractivity contribution is 4.73. The first kappa shape index (κ1) is 13.3. The van der Waals surface area contributed by atoms with Gasteiger partial charge in [-0.25, -0.2) is 0 Å². The number of morpholine rings is 1. The SMILES string of the molecule is CC1CN(CCCNC2CCCCC2)CCO1. The average Bonchev–Trinajstić information content (AvgIpc) is 2.36. The normalized spacial score (nSPS) is 28.4. The third-order valence-electron chi connectivity index (χ3n) is 4.01. The highest BCUT2D eigenvalue weighted by atomic mass is 16.5. The third-order valence-corrected chi connectivity index (χ3v) is 4.01. The molecule has 0 aromatic heterocycles. The van der Waals surface area contributed by atoms with Crippen LogP contribution in [0.1, 0.15) is 45.4 Å². The van der Waals surface area contributed by atoms with Gasteiger partial charge in [-0.3, -0.25) is 4.90 Å². The minimum Gasteiger partial charge on any atom is -0.376 e. The van der Waals surface area contributed by atoms with Gasteiger partial charge in [0.25, 0.3) is 0 Å². The molecule has 17 heavy (non-hydrogen) atoms. The zero-order valence-corrected chi connectivity index (χ0v) is 11.3. The second-order valence-electron chi connectivity index (χ2n) is 5.62. The van der Waals surface area contributed by atoms with E-state index in [0.717, 1.165) is 25.7 Å². The number of ether oxygens (including phenoxy) is 1. The lowest BCUT2D eigenvalue weighted by Crippen LogP contribution is -2.42. The van der Waals surface area contributed by atoms with E-state index in [2.05, 4.69) is 17.1 Å². The molecule has 0 amide bonds. The van der Waals surface area contributed by atoms with Crippen LogP contribution in [0.15, 0.2) is 0 Å². The first-order valence-electron chi connectivity index (χ1n) is 7.42. The fourth-order valence-electron chi connectivity index (χ4n) is 3.01. The molecular formula is C14H28N2O. The van der Waals surface area contributed by atoms with E-state index in [4.69, 9.17) is 4.74 Å². The Labute approximate surface area is 106 Å². The van der Waals surface area contributed by atoms with Crippen molar-refractivity contribution in [1.29, 1.82) is 0 Å². The first-order valence-corrected chi connectivity index (χ1v) is 7.42. The lowest BCUT2D eigenvalue weighted by molar-refractivity contribution is -0.0184. The van der Waals surface area contributed by atoms with Crippen LogP contribution in [-0.4, -0.2) is 49.8 Å². The van der Waals surface area contributed by atoms with Crippen molar-refractivity contribution in [3.63, 3.8) is 0 Å². The summed E-state index contributed by atoms with van der Waals surface area (Å²) >= 11 is 0. The van der Waals surface area contributed by atoms with Crippen LogP contribution >= 0.6 is 0 Å². The van der Waals surface area contributed by atoms with E-state index < -0.39 is 0 Å². The van der Waals surface area contributed by atoms with E-state index in [1.165, 1.54) is 51.6 Å². The van der Waals surface area contributed by atoms with Crippen molar-refractivity contribution in [2.45, 2.75) is 57.6 Å². The predicted molar refractivity (Wildman–Crippen MR) is 71.3 cm³/mol. The third kappa shape index (κ3) is 4.94. The fraction of sp³-hybridized carbons (Fsp3) is 1.00. The van der Waals surface area contributed by atoms with Crippen molar-refractivity contribution in [1.82, 2.24) is 10.2 Å². The minimum atomic E-state index is 0.426. The molecule has 2 aliphatic rings. The summed E-state index contributed by atoms with van der Waals surface area (Å²) in [6.07, 6.45) is 8.81. The Morgan fingerprint density at radius 2 is 2.06 bits per heavy atom. The zero-order valence-electron chi connectivity index (χ0n) is 11.3. The Kier molecular flexibility index (Phi) is 5.75. The molecular weight excluding hydrogens is 212 g/mol. The topological polar surface area (TPSA) is 24.5 Å². The van der Waals surface area contributed by atoms with Gasteiger partial charge in [0.2, 0.25) is 0 Å². The molecule has 0 bridgehead atoms. The summed E-state index contributed by atoms with van der Waals surface area (Å²) in [5, 5.41) is 3.71. The monoisotopic (exact) mass is 240 g/mol. The molecule has 2 fully saturated rings. The van der Waals surface area contributed by atoms with E-state index in [1.807, 2.05) is 0 Å². The summed E-state index contributed by atoms with van der Waals surface area (Å²) < 4.78 is 5.55. The summed E-state index contributed by atoms with van der Waals surface area (Å²) in [7, 11) is 0. The molecule has 1 heterocycles. The Morgan fingerprint density at radius 1 is 1.24 bits per heavy atom. The van der Waals surface area contributed by atoms with Crippen molar-refractivity contribution in [2.24, 2.45) is 0 Å². The van der Waals surface area contributed by atoms with Gasteiger partial charge < -0.3 is 10.1 Å². The van der Waals surface area contributed by atoms with Gasteiger partial charge in [-0.2, -0.15) is 0 Å². The number of nitrogens with zero attached hydrogens (tertiary/aromatic N) is 1. The molecule has 1 aliphatic carbocycles. The largest absolute Gasteiger partial charge is 0.376 e. The van der Waals surface area contributed by atoms with Crippen LogP contribution < -0.4 is 5.32 Å². The number of hydrogen-bond acceptors (Lipinski definition) is 3. The van der Waals surface area contributed by atoms with Crippen LogP contribution in [0.4, 0.5) is 0 Å². The zero-order chi connectivity index (χ0) is 11.9. The summed E-state index contributed by atoms with van der Waals surface area (Å²) in [5.74, 6) is 0. The van der Waals surface area contributed by atoms with Gasteiger partial charge in [-0.15, -0.1) is 0 Å². The summed E-state index contributed by atoms with van der Waals surface area (Å²) in [4.78, 5) is 2.54. The Hall–Kier alpha value is -0.120. The van der Waals surface area contributed by atoms with Gasteiger partial charge in [0.05, 0.1) is 12.7 Å². The highest BCUT2D eigenvalue weighted by Crippen LogP contribution is 2.17. The fourth-order valence-corrected chi connectivity index (χ4v) is 3.01. The van der Waals surface area contributed by atoms with Gasteiger partial charge >= 0.3 is 0 Å². The molecule has 0 aromatic rings. The van der Waals surface area contributed by atoms with Crippen LogP contribution in [0, 0.1) is 0 Å². The van der Waals surface area contributed by atoms with Crippen molar-refractivity contribution >= 4 is 0 Å². The maximum atomic E-state index is 5.55. The number of nitrogens with one attached hydrogen (secondary N) is 1. The van der Waals surface area contributed by atoms with Gasteiger partial charge in [-0.1, -0.05) is 19.3 Å². The van der Waals surface area contributed by atoms with E-state index >= 15 is 0 Å². The Bertz CT molecular complexity index is 204. The maximum absolute atomic E-state index is 5.55. The highest BCUT2D eigenvalue weighted by Gasteiger charge is 2.16. The van der Waals surface area contributed by atoms with Crippen molar-refractivity contribution in [3.05, 3.63) is 0 Å². The van der Waals surface area contributed by atoms with E-state index in [-0.39, 0.29) is 0 Å². The molecule has 3 heteroatoms. The molecule has 1 atom stereocenters. The summed E-state index contributed by atoms with van der Waals surface area (Å²) in [5.41, 5.74) is 0. The second kappa shape index (κ2) is 7.34. The van der Waals surface area contributed by atoms with Crippen molar-refractivity contribution in [2.75, 3.05) is 32.8 Å². The molecule has 1 unspecified atom stereocenters. The van der Waals surface area contributed by atoms with Gasteiger partial charge in [-0.05, 0) is 39.3 Å². The van der Waals surface area contributed by atoms with E-state index in [1.54, 1.807) is 0 Å². The van der Waals surface area contributed by atoms with Crippen molar-refractivity contribution in [3.8, 4) is 0 Å². The summed E-state index contributed by atoms with van der Waals surface area (Å²) in [6, 6.07) is 0.812. The standard InChI is InChI=1S/C14H28N2O/c1-13-12-16(10-11-17-13)9-5-8-15-14-6-3-2-4-7-14/h13-15H,2-12H2,1H3. The molecule has 0 radical (unpaired) electrons. The molecule has 1 N–H and O–H groups in total. The lowest BCUT2D eigenvalue weighted by Gasteiger charge is -2.31. The number of hydrogen-bond donors (Lipinski definition) is 1.